The molecule has 0 saturated heterocycles. The standard InChI is InChI=1S/C23H27N7O2S/c1-15-16(2)29(17-9-11-19(32-3)12-10-17)22(20(15)13-24)25-21(31)14-33-23-26-27-28-30(23)18-7-5-4-6-8-18/h9-12,18H,4-8,14H2,1-3H3,(H,25,31). The molecule has 0 aliphatic heterocycles. The van der Waals surface area contributed by atoms with E-state index < -0.39 is 0 Å². The summed E-state index contributed by atoms with van der Waals surface area (Å²) >= 11 is 1.31. The number of thioether (sulfide) groups is 1. The lowest BCUT2D eigenvalue weighted by Crippen LogP contribution is -2.19. The van der Waals surface area contributed by atoms with Crippen molar-refractivity contribution in [2.24, 2.45) is 0 Å². The molecule has 2 heterocycles. The number of nitriles is 1. The summed E-state index contributed by atoms with van der Waals surface area (Å²) in [5, 5.41) is 25.5. The van der Waals surface area contributed by atoms with Gasteiger partial charge >= 0.3 is 0 Å². The highest BCUT2D eigenvalue weighted by atomic mass is 32.2. The number of hydrogen-bond donors (Lipinski definition) is 1. The van der Waals surface area contributed by atoms with Gasteiger partial charge in [0.1, 0.15) is 17.6 Å². The number of ether oxygens (including phenoxy) is 1. The fourth-order valence-corrected chi connectivity index (χ4v) is 4.99. The molecule has 0 radical (unpaired) electrons. The van der Waals surface area contributed by atoms with Gasteiger partial charge in [0.05, 0.1) is 24.5 Å². The van der Waals surface area contributed by atoms with Crippen molar-refractivity contribution >= 4 is 23.5 Å². The van der Waals surface area contributed by atoms with Gasteiger partial charge in [-0.2, -0.15) is 5.26 Å². The minimum absolute atomic E-state index is 0.143. The second-order valence-electron chi connectivity index (χ2n) is 8.11. The van der Waals surface area contributed by atoms with E-state index in [2.05, 4.69) is 26.9 Å². The molecule has 1 saturated carbocycles. The molecule has 1 fully saturated rings. The van der Waals surface area contributed by atoms with Crippen molar-refractivity contribution in [3.8, 4) is 17.5 Å². The summed E-state index contributed by atoms with van der Waals surface area (Å²) in [5.74, 6) is 1.12. The van der Waals surface area contributed by atoms with Crippen LogP contribution < -0.4 is 10.1 Å². The molecule has 1 N–H and O–H groups in total. The lowest BCUT2D eigenvalue weighted by molar-refractivity contribution is -0.113. The smallest absolute Gasteiger partial charge is 0.236 e. The van der Waals surface area contributed by atoms with Crippen molar-refractivity contribution in [1.82, 2.24) is 24.8 Å². The minimum atomic E-state index is -0.220. The van der Waals surface area contributed by atoms with Crippen molar-refractivity contribution in [1.29, 1.82) is 5.26 Å². The summed E-state index contributed by atoms with van der Waals surface area (Å²) < 4.78 is 8.99. The molecular formula is C23H27N7O2S. The Hall–Kier alpha value is -3.32. The number of benzene rings is 1. The Labute approximate surface area is 197 Å². The van der Waals surface area contributed by atoms with Gasteiger partial charge in [-0.05, 0) is 66.9 Å². The zero-order valence-electron chi connectivity index (χ0n) is 19.0. The molecule has 0 unspecified atom stereocenters. The van der Waals surface area contributed by atoms with Crippen LogP contribution in [0.1, 0.15) is 55.0 Å². The number of amides is 1. The summed E-state index contributed by atoms with van der Waals surface area (Å²) in [6, 6.07) is 10.0. The fourth-order valence-electron chi connectivity index (χ4n) is 4.25. The molecule has 1 aliphatic rings. The first kappa shape index (κ1) is 22.9. The molecule has 172 valence electrons. The van der Waals surface area contributed by atoms with Gasteiger partial charge in [0.15, 0.2) is 0 Å². The number of carbonyl (C=O) groups excluding carboxylic acids is 1. The summed E-state index contributed by atoms with van der Waals surface area (Å²) in [6.45, 7) is 3.82. The van der Waals surface area contributed by atoms with Gasteiger partial charge in [-0.3, -0.25) is 9.36 Å². The maximum Gasteiger partial charge on any atom is 0.236 e. The Kier molecular flexibility index (Phi) is 6.99. The molecule has 0 bridgehead atoms. The summed E-state index contributed by atoms with van der Waals surface area (Å²) in [4.78, 5) is 12.9. The van der Waals surface area contributed by atoms with Gasteiger partial charge < -0.3 is 10.1 Å². The Bertz CT molecular complexity index is 1170. The number of hydrogen-bond acceptors (Lipinski definition) is 7. The van der Waals surface area contributed by atoms with Gasteiger partial charge in [-0.25, -0.2) is 4.68 Å². The molecule has 10 heteroatoms. The van der Waals surface area contributed by atoms with E-state index >= 15 is 0 Å². The predicted molar refractivity (Wildman–Crippen MR) is 126 cm³/mol. The number of nitrogens with one attached hydrogen (secondary N) is 1. The van der Waals surface area contributed by atoms with Gasteiger partial charge in [0, 0.05) is 11.4 Å². The van der Waals surface area contributed by atoms with Gasteiger partial charge in [0.25, 0.3) is 0 Å². The Morgan fingerprint density at radius 3 is 2.64 bits per heavy atom. The van der Waals surface area contributed by atoms with E-state index in [-0.39, 0.29) is 11.7 Å². The summed E-state index contributed by atoms with van der Waals surface area (Å²) in [7, 11) is 1.61. The molecular weight excluding hydrogens is 438 g/mol. The van der Waals surface area contributed by atoms with Crippen LogP contribution in [0.3, 0.4) is 0 Å². The van der Waals surface area contributed by atoms with Gasteiger partial charge in [-0.15, -0.1) is 5.10 Å². The van der Waals surface area contributed by atoms with Crippen LogP contribution in [-0.2, 0) is 4.79 Å². The van der Waals surface area contributed by atoms with E-state index in [4.69, 9.17) is 4.74 Å². The zero-order valence-corrected chi connectivity index (χ0v) is 19.9. The fraction of sp³-hybridized carbons (Fsp3) is 0.435. The second kappa shape index (κ2) is 10.1. The highest BCUT2D eigenvalue weighted by Crippen LogP contribution is 2.32. The first-order valence-corrected chi connectivity index (χ1v) is 12.0. The Morgan fingerprint density at radius 1 is 1.24 bits per heavy atom. The number of rotatable bonds is 7. The molecule has 1 amide bonds. The summed E-state index contributed by atoms with van der Waals surface area (Å²) in [5.41, 5.74) is 3.01. The van der Waals surface area contributed by atoms with Crippen LogP contribution in [0, 0.1) is 25.2 Å². The zero-order chi connectivity index (χ0) is 23.4. The SMILES string of the molecule is COc1ccc(-n2c(C)c(C)c(C#N)c2NC(=O)CSc2nnnn2C2CCCCC2)cc1. The molecule has 2 aromatic heterocycles. The van der Waals surface area contributed by atoms with Crippen molar-refractivity contribution in [2.45, 2.75) is 57.1 Å². The monoisotopic (exact) mass is 465 g/mol. The van der Waals surface area contributed by atoms with Crippen LogP contribution in [0.2, 0.25) is 0 Å². The van der Waals surface area contributed by atoms with Gasteiger partial charge in [-0.1, -0.05) is 31.0 Å². The molecule has 3 aromatic rings. The number of aromatic nitrogens is 5. The number of tetrazole rings is 1. The Balaban J connectivity index is 1.53. The topological polar surface area (TPSA) is 111 Å². The number of nitrogens with zero attached hydrogens (tertiary/aromatic N) is 6. The largest absolute Gasteiger partial charge is 0.497 e. The maximum absolute atomic E-state index is 12.9. The molecule has 0 atom stereocenters. The normalized spacial score (nSPS) is 14.1. The average molecular weight is 466 g/mol. The molecule has 33 heavy (non-hydrogen) atoms. The van der Waals surface area contributed by atoms with Crippen molar-refractivity contribution in [3.05, 3.63) is 41.1 Å². The highest BCUT2D eigenvalue weighted by molar-refractivity contribution is 7.99. The van der Waals surface area contributed by atoms with E-state index in [0.29, 0.717) is 22.6 Å². The van der Waals surface area contributed by atoms with Crippen LogP contribution in [0.5, 0.6) is 5.75 Å². The third-order valence-electron chi connectivity index (χ3n) is 6.13. The van der Waals surface area contributed by atoms with E-state index in [1.807, 2.05) is 47.4 Å². The van der Waals surface area contributed by atoms with E-state index in [1.54, 1.807) is 7.11 Å². The van der Waals surface area contributed by atoms with Crippen LogP contribution in [-0.4, -0.2) is 43.5 Å². The van der Waals surface area contributed by atoms with Gasteiger partial charge in [0.2, 0.25) is 11.1 Å². The quantitative estimate of drug-likeness (QED) is 0.521. The third-order valence-corrected chi connectivity index (χ3v) is 7.06. The highest BCUT2D eigenvalue weighted by Gasteiger charge is 2.23. The number of methoxy groups -OCH3 is 1. The molecule has 0 spiro atoms. The van der Waals surface area contributed by atoms with Crippen molar-refractivity contribution < 1.29 is 9.53 Å². The molecule has 1 aromatic carbocycles. The van der Waals surface area contributed by atoms with Crippen LogP contribution in [0.25, 0.3) is 5.69 Å². The van der Waals surface area contributed by atoms with E-state index in [1.165, 1.54) is 31.0 Å². The first-order chi connectivity index (χ1) is 16.0. The van der Waals surface area contributed by atoms with E-state index in [0.717, 1.165) is 35.5 Å². The Morgan fingerprint density at radius 2 is 1.97 bits per heavy atom. The lowest BCUT2D eigenvalue weighted by Gasteiger charge is -2.21. The summed E-state index contributed by atoms with van der Waals surface area (Å²) in [6.07, 6.45) is 5.71. The predicted octanol–water partition coefficient (Wildman–Crippen LogP) is 4.20. The van der Waals surface area contributed by atoms with Crippen LogP contribution in [0.4, 0.5) is 5.82 Å². The van der Waals surface area contributed by atoms with Crippen molar-refractivity contribution in [2.75, 3.05) is 18.2 Å². The third kappa shape index (κ3) is 4.73. The molecule has 9 nitrogen and oxygen atoms in total. The second-order valence-corrected chi connectivity index (χ2v) is 9.06. The number of anilines is 1. The lowest BCUT2D eigenvalue weighted by atomic mass is 9.96. The van der Waals surface area contributed by atoms with Crippen molar-refractivity contribution in [3.63, 3.8) is 0 Å². The molecule has 1 aliphatic carbocycles. The van der Waals surface area contributed by atoms with Crippen LogP contribution in [0.15, 0.2) is 29.4 Å². The number of carbonyl (C=O) groups is 1. The van der Waals surface area contributed by atoms with Crippen LogP contribution >= 0.6 is 11.8 Å². The minimum Gasteiger partial charge on any atom is -0.497 e. The average Bonchev–Trinajstić information content (AvgIpc) is 3.41. The maximum atomic E-state index is 12.9. The van der Waals surface area contributed by atoms with E-state index in [9.17, 15) is 10.1 Å². The first-order valence-electron chi connectivity index (χ1n) is 11.0. The molecule has 4 rings (SSSR count).